The van der Waals surface area contributed by atoms with Crippen molar-refractivity contribution in [2.24, 2.45) is 0 Å². The number of benzene rings is 1. The SMILES string of the molecule is CCc1cccnc1C(NC)c1cc(C)cc(C)c1. The zero-order valence-electron chi connectivity index (χ0n) is 12.2. The zero-order valence-corrected chi connectivity index (χ0v) is 12.2. The molecule has 0 fully saturated rings. The number of rotatable bonds is 4. The Morgan fingerprint density at radius 3 is 2.42 bits per heavy atom. The van der Waals surface area contributed by atoms with Gasteiger partial charge in [0.2, 0.25) is 0 Å². The molecule has 1 heterocycles. The minimum absolute atomic E-state index is 0.162. The Labute approximate surface area is 115 Å². The van der Waals surface area contributed by atoms with E-state index in [1.165, 1.54) is 22.3 Å². The van der Waals surface area contributed by atoms with E-state index in [2.05, 4.69) is 55.3 Å². The van der Waals surface area contributed by atoms with Crippen molar-refractivity contribution in [3.63, 3.8) is 0 Å². The van der Waals surface area contributed by atoms with Crippen LogP contribution in [0.5, 0.6) is 0 Å². The van der Waals surface area contributed by atoms with Crippen LogP contribution in [0.25, 0.3) is 0 Å². The lowest BCUT2D eigenvalue weighted by atomic mass is 9.95. The maximum Gasteiger partial charge on any atom is 0.0751 e. The molecule has 2 rings (SSSR count). The molecule has 0 saturated carbocycles. The molecule has 100 valence electrons. The number of pyridine rings is 1. The van der Waals surface area contributed by atoms with Crippen molar-refractivity contribution in [1.29, 1.82) is 0 Å². The van der Waals surface area contributed by atoms with Crippen LogP contribution in [0.2, 0.25) is 0 Å². The van der Waals surface area contributed by atoms with E-state index in [1.807, 2.05) is 19.3 Å². The van der Waals surface area contributed by atoms with Crippen LogP contribution >= 0.6 is 0 Å². The maximum absolute atomic E-state index is 4.59. The summed E-state index contributed by atoms with van der Waals surface area (Å²) in [7, 11) is 2.00. The van der Waals surface area contributed by atoms with Gasteiger partial charge in [0.15, 0.2) is 0 Å². The molecule has 0 saturated heterocycles. The van der Waals surface area contributed by atoms with Crippen LogP contribution in [-0.2, 0) is 6.42 Å². The third kappa shape index (κ3) is 3.02. The number of hydrogen-bond acceptors (Lipinski definition) is 2. The van der Waals surface area contributed by atoms with Gasteiger partial charge in [0, 0.05) is 6.20 Å². The Morgan fingerprint density at radius 1 is 1.16 bits per heavy atom. The zero-order chi connectivity index (χ0) is 13.8. The van der Waals surface area contributed by atoms with Gasteiger partial charge in [0.05, 0.1) is 11.7 Å². The molecule has 1 atom stereocenters. The van der Waals surface area contributed by atoms with Crippen molar-refractivity contribution >= 4 is 0 Å². The van der Waals surface area contributed by atoms with Crippen molar-refractivity contribution < 1.29 is 0 Å². The van der Waals surface area contributed by atoms with E-state index in [0.717, 1.165) is 12.1 Å². The highest BCUT2D eigenvalue weighted by atomic mass is 14.9. The van der Waals surface area contributed by atoms with Crippen molar-refractivity contribution in [2.75, 3.05) is 7.05 Å². The van der Waals surface area contributed by atoms with Gasteiger partial charge in [-0.25, -0.2) is 0 Å². The van der Waals surface area contributed by atoms with E-state index in [9.17, 15) is 0 Å². The molecule has 19 heavy (non-hydrogen) atoms. The van der Waals surface area contributed by atoms with Crippen molar-refractivity contribution in [3.8, 4) is 0 Å². The summed E-state index contributed by atoms with van der Waals surface area (Å²) >= 11 is 0. The third-order valence-corrected chi connectivity index (χ3v) is 3.45. The Kier molecular flexibility index (Phi) is 4.33. The fraction of sp³-hybridized carbons (Fsp3) is 0.353. The fourth-order valence-corrected chi connectivity index (χ4v) is 2.65. The second kappa shape index (κ2) is 5.98. The maximum atomic E-state index is 4.59. The van der Waals surface area contributed by atoms with Crippen LogP contribution in [0.15, 0.2) is 36.5 Å². The standard InChI is InChI=1S/C17H22N2/c1-5-14-7-6-8-19-17(14)16(18-4)15-10-12(2)9-13(3)11-15/h6-11,16,18H,5H2,1-4H3. The number of aryl methyl sites for hydroxylation is 3. The molecule has 0 radical (unpaired) electrons. The highest BCUT2D eigenvalue weighted by Gasteiger charge is 2.16. The van der Waals surface area contributed by atoms with Gasteiger partial charge in [-0.3, -0.25) is 4.98 Å². The monoisotopic (exact) mass is 254 g/mol. The molecule has 2 nitrogen and oxygen atoms in total. The molecule has 2 heteroatoms. The molecule has 0 bridgehead atoms. The molecular weight excluding hydrogens is 232 g/mol. The predicted molar refractivity (Wildman–Crippen MR) is 80.4 cm³/mol. The molecule has 1 unspecified atom stereocenters. The normalized spacial score (nSPS) is 12.4. The second-order valence-corrected chi connectivity index (χ2v) is 5.04. The smallest absolute Gasteiger partial charge is 0.0751 e. The van der Waals surface area contributed by atoms with Crippen LogP contribution in [0.1, 0.15) is 40.9 Å². The number of aromatic nitrogens is 1. The highest BCUT2D eigenvalue weighted by Crippen LogP contribution is 2.25. The molecule has 0 spiro atoms. The number of nitrogens with zero attached hydrogens (tertiary/aromatic N) is 1. The van der Waals surface area contributed by atoms with E-state index in [1.54, 1.807) is 0 Å². The van der Waals surface area contributed by atoms with Crippen LogP contribution in [0.3, 0.4) is 0 Å². The third-order valence-electron chi connectivity index (χ3n) is 3.45. The molecule has 0 aliphatic rings. The topological polar surface area (TPSA) is 24.9 Å². The van der Waals surface area contributed by atoms with Gasteiger partial charge >= 0.3 is 0 Å². The number of hydrogen-bond donors (Lipinski definition) is 1. The molecule has 1 aromatic heterocycles. The average Bonchev–Trinajstić information content (AvgIpc) is 2.39. The van der Waals surface area contributed by atoms with Gasteiger partial charge in [-0.05, 0) is 44.5 Å². The van der Waals surface area contributed by atoms with Gasteiger partial charge in [-0.1, -0.05) is 42.3 Å². The molecule has 2 aromatic rings. The molecule has 1 N–H and O–H groups in total. The minimum atomic E-state index is 0.162. The van der Waals surface area contributed by atoms with E-state index in [-0.39, 0.29) is 6.04 Å². The Morgan fingerprint density at radius 2 is 1.84 bits per heavy atom. The van der Waals surface area contributed by atoms with Crippen LogP contribution < -0.4 is 5.32 Å². The molecule has 0 aliphatic carbocycles. The first kappa shape index (κ1) is 13.8. The molecule has 0 amide bonds. The van der Waals surface area contributed by atoms with Crippen molar-refractivity contribution in [2.45, 2.75) is 33.2 Å². The van der Waals surface area contributed by atoms with E-state index < -0.39 is 0 Å². The lowest BCUT2D eigenvalue weighted by molar-refractivity contribution is 0.661. The summed E-state index contributed by atoms with van der Waals surface area (Å²) in [6, 6.07) is 11.0. The first-order valence-corrected chi connectivity index (χ1v) is 6.85. The molecular formula is C17H22N2. The number of nitrogens with one attached hydrogen (secondary N) is 1. The summed E-state index contributed by atoms with van der Waals surface area (Å²) < 4.78 is 0. The van der Waals surface area contributed by atoms with Crippen molar-refractivity contribution in [3.05, 3.63) is 64.5 Å². The molecule has 1 aromatic carbocycles. The Bertz CT molecular complexity index is 541. The van der Waals surface area contributed by atoms with E-state index in [4.69, 9.17) is 0 Å². The largest absolute Gasteiger partial charge is 0.308 e. The highest BCUT2D eigenvalue weighted by molar-refractivity contribution is 5.37. The first-order chi connectivity index (χ1) is 9.15. The second-order valence-electron chi connectivity index (χ2n) is 5.04. The lowest BCUT2D eigenvalue weighted by Crippen LogP contribution is -2.20. The van der Waals surface area contributed by atoms with Gasteiger partial charge < -0.3 is 5.32 Å². The van der Waals surface area contributed by atoms with Crippen molar-refractivity contribution in [1.82, 2.24) is 10.3 Å². The van der Waals surface area contributed by atoms with Gasteiger partial charge in [0.25, 0.3) is 0 Å². The summed E-state index contributed by atoms with van der Waals surface area (Å²) in [5.41, 5.74) is 6.32. The average molecular weight is 254 g/mol. The first-order valence-electron chi connectivity index (χ1n) is 6.85. The van der Waals surface area contributed by atoms with Crippen LogP contribution in [0, 0.1) is 13.8 Å². The summed E-state index contributed by atoms with van der Waals surface area (Å²) in [6.07, 6.45) is 2.88. The predicted octanol–water partition coefficient (Wildman–Crippen LogP) is 3.57. The fourth-order valence-electron chi connectivity index (χ4n) is 2.65. The van der Waals surface area contributed by atoms with Gasteiger partial charge in [-0.2, -0.15) is 0 Å². The van der Waals surface area contributed by atoms with Crippen LogP contribution in [-0.4, -0.2) is 12.0 Å². The Balaban J connectivity index is 2.49. The van der Waals surface area contributed by atoms with E-state index >= 15 is 0 Å². The summed E-state index contributed by atoms with van der Waals surface area (Å²) in [5, 5.41) is 3.40. The minimum Gasteiger partial charge on any atom is -0.308 e. The summed E-state index contributed by atoms with van der Waals surface area (Å²) in [5.74, 6) is 0. The summed E-state index contributed by atoms with van der Waals surface area (Å²) in [6.45, 7) is 6.46. The van der Waals surface area contributed by atoms with Crippen LogP contribution in [0.4, 0.5) is 0 Å². The Hall–Kier alpha value is -1.67. The van der Waals surface area contributed by atoms with E-state index in [0.29, 0.717) is 0 Å². The van der Waals surface area contributed by atoms with Gasteiger partial charge in [0.1, 0.15) is 0 Å². The van der Waals surface area contributed by atoms with Gasteiger partial charge in [-0.15, -0.1) is 0 Å². The lowest BCUT2D eigenvalue weighted by Gasteiger charge is -2.20. The summed E-state index contributed by atoms with van der Waals surface area (Å²) in [4.78, 5) is 4.59. The molecule has 0 aliphatic heterocycles. The quantitative estimate of drug-likeness (QED) is 0.902.